The zero-order valence-corrected chi connectivity index (χ0v) is 13.6. The van der Waals surface area contributed by atoms with Crippen molar-refractivity contribution in [1.82, 2.24) is 15.0 Å². The van der Waals surface area contributed by atoms with E-state index in [-0.39, 0.29) is 30.8 Å². The van der Waals surface area contributed by atoms with Gasteiger partial charge in [-0.3, -0.25) is 19.7 Å². The fourth-order valence-electron chi connectivity index (χ4n) is 2.36. The summed E-state index contributed by atoms with van der Waals surface area (Å²) >= 11 is 0. The molecule has 0 unspecified atom stereocenters. The summed E-state index contributed by atoms with van der Waals surface area (Å²) in [5, 5.41) is 18.9. The van der Waals surface area contributed by atoms with E-state index in [0.29, 0.717) is 16.5 Å². The van der Waals surface area contributed by atoms with Crippen LogP contribution in [0.3, 0.4) is 0 Å². The van der Waals surface area contributed by atoms with E-state index in [0.717, 1.165) is 4.68 Å². The number of nitro benzene ring substituents is 1. The van der Waals surface area contributed by atoms with E-state index in [9.17, 15) is 19.7 Å². The third kappa shape index (κ3) is 3.89. The van der Waals surface area contributed by atoms with Gasteiger partial charge < -0.3 is 4.74 Å². The smallest absolute Gasteiger partial charge is 0.308 e. The average Bonchev–Trinajstić information content (AvgIpc) is 2.66. The first-order valence-corrected chi connectivity index (χ1v) is 7.76. The zero-order chi connectivity index (χ0) is 18.5. The molecule has 3 aromatic rings. The van der Waals surface area contributed by atoms with Crippen molar-refractivity contribution in [2.24, 2.45) is 0 Å². The van der Waals surface area contributed by atoms with Gasteiger partial charge in [-0.25, -0.2) is 4.68 Å². The molecular formula is C17H14N4O5. The van der Waals surface area contributed by atoms with Gasteiger partial charge in [0, 0.05) is 12.1 Å². The summed E-state index contributed by atoms with van der Waals surface area (Å²) in [6.45, 7) is -0.0523. The number of esters is 1. The second-order valence-corrected chi connectivity index (χ2v) is 5.47. The SMILES string of the molecule is O=C(CCn1nnc2ccccc2c1=O)OCc1cccc([N+](=O)[O-])c1. The van der Waals surface area contributed by atoms with Crippen LogP contribution in [0.25, 0.3) is 10.9 Å². The highest BCUT2D eigenvalue weighted by atomic mass is 16.6. The summed E-state index contributed by atoms with van der Waals surface area (Å²) in [6, 6.07) is 12.6. The monoisotopic (exact) mass is 354 g/mol. The van der Waals surface area contributed by atoms with E-state index < -0.39 is 10.9 Å². The number of benzene rings is 2. The van der Waals surface area contributed by atoms with Crippen LogP contribution in [0.2, 0.25) is 0 Å². The number of hydrogen-bond acceptors (Lipinski definition) is 7. The number of carbonyl (C=O) groups excluding carboxylic acids is 1. The lowest BCUT2D eigenvalue weighted by Crippen LogP contribution is -2.25. The van der Waals surface area contributed by atoms with Crippen LogP contribution in [0.15, 0.2) is 53.3 Å². The van der Waals surface area contributed by atoms with Crippen LogP contribution < -0.4 is 5.56 Å². The molecule has 0 fully saturated rings. The molecule has 0 saturated carbocycles. The molecule has 1 aromatic heterocycles. The molecule has 0 radical (unpaired) electrons. The molecule has 132 valence electrons. The number of nitrogens with zero attached hydrogens (tertiary/aromatic N) is 4. The minimum atomic E-state index is -0.543. The first kappa shape index (κ1) is 17.2. The number of rotatable bonds is 6. The Balaban J connectivity index is 1.59. The predicted molar refractivity (Wildman–Crippen MR) is 91.3 cm³/mol. The van der Waals surface area contributed by atoms with Crippen LogP contribution in [0.5, 0.6) is 0 Å². The minimum Gasteiger partial charge on any atom is -0.461 e. The van der Waals surface area contributed by atoms with E-state index in [1.54, 1.807) is 30.3 Å². The van der Waals surface area contributed by atoms with Crippen molar-refractivity contribution in [3.63, 3.8) is 0 Å². The third-order valence-corrected chi connectivity index (χ3v) is 3.68. The lowest BCUT2D eigenvalue weighted by molar-refractivity contribution is -0.384. The van der Waals surface area contributed by atoms with Crippen LogP contribution in [-0.2, 0) is 22.7 Å². The molecule has 0 N–H and O–H groups in total. The molecule has 26 heavy (non-hydrogen) atoms. The summed E-state index contributed by atoms with van der Waals surface area (Å²) in [4.78, 5) is 34.3. The van der Waals surface area contributed by atoms with Gasteiger partial charge in [-0.1, -0.05) is 29.5 Å². The van der Waals surface area contributed by atoms with Crippen LogP contribution in [-0.4, -0.2) is 25.9 Å². The van der Waals surface area contributed by atoms with Crippen LogP contribution in [0.1, 0.15) is 12.0 Å². The molecule has 0 aliphatic rings. The second-order valence-electron chi connectivity index (χ2n) is 5.47. The van der Waals surface area contributed by atoms with Crippen molar-refractivity contribution >= 4 is 22.6 Å². The van der Waals surface area contributed by atoms with E-state index >= 15 is 0 Å². The molecule has 9 nitrogen and oxygen atoms in total. The number of hydrogen-bond donors (Lipinski definition) is 0. The zero-order valence-electron chi connectivity index (χ0n) is 13.6. The lowest BCUT2D eigenvalue weighted by atomic mass is 10.2. The standard InChI is InChI=1S/C17H14N4O5/c22-16(26-11-12-4-3-5-13(10-12)21(24)25)8-9-20-17(23)14-6-1-2-7-15(14)18-19-20/h1-7,10H,8-9,11H2. The molecule has 0 spiro atoms. The summed E-state index contributed by atoms with van der Waals surface area (Å²) in [5.74, 6) is -0.543. The van der Waals surface area contributed by atoms with Gasteiger partial charge in [-0.05, 0) is 17.7 Å². The Hall–Kier alpha value is -3.62. The second kappa shape index (κ2) is 7.51. The largest absolute Gasteiger partial charge is 0.461 e. The van der Waals surface area contributed by atoms with Gasteiger partial charge in [0.1, 0.15) is 12.1 Å². The topological polar surface area (TPSA) is 117 Å². The highest BCUT2D eigenvalue weighted by Gasteiger charge is 2.10. The summed E-state index contributed by atoms with van der Waals surface area (Å²) in [7, 11) is 0. The third-order valence-electron chi connectivity index (χ3n) is 3.68. The molecule has 0 amide bonds. The quantitative estimate of drug-likeness (QED) is 0.376. The van der Waals surface area contributed by atoms with E-state index in [1.165, 1.54) is 18.2 Å². The van der Waals surface area contributed by atoms with E-state index in [2.05, 4.69) is 10.3 Å². The van der Waals surface area contributed by atoms with Crippen molar-refractivity contribution in [1.29, 1.82) is 0 Å². The van der Waals surface area contributed by atoms with Gasteiger partial charge in [0.05, 0.1) is 23.3 Å². The van der Waals surface area contributed by atoms with Crippen molar-refractivity contribution in [3.8, 4) is 0 Å². The molecular weight excluding hydrogens is 340 g/mol. The average molecular weight is 354 g/mol. The molecule has 0 aliphatic heterocycles. The van der Waals surface area contributed by atoms with Gasteiger partial charge in [0.15, 0.2) is 0 Å². The number of aromatic nitrogens is 3. The number of aryl methyl sites for hydroxylation is 1. The first-order valence-electron chi connectivity index (χ1n) is 7.76. The summed E-state index contributed by atoms with van der Waals surface area (Å²) in [6.07, 6.45) is -0.0676. The normalized spacial score (nSPS) is 10.6. The maximum atomic E-state index is 12.3. The Kier molecular flexibility index (Phi) is 4.97. The van der Waals surface area contributed by atoms with Crippen LogP contribution in [0.4, 0.5) is 5.69 Å². The van der Waals surface area contributed by atoms with Gasteiger partial charge >= 0.3 is 5.97 Å². The Morgan fingerprint density at radius 1 is 1.19 bits per heavy atom. The maximum Gasteiger partial charge on any atom is 0.308 e. The Morgan fingerprint density at radius 2 is 2.00 bits per heavy atom. The molecule has 2 aromatic carbocycles. The van der Waals surface area contributed by atoms with Crippen molar-refractivity contribution < 1.29 is 14.5 Å². The van der Waals surface area contributed by atoms with Crippen molar-refractivity contribution in [2.45, 2.75) is 19.6 Å². The molecule has 3 rings (SSSR count). The highest BCUT2D eigenvalue weighted by molar-refractivity contribution is 5.76. The van der Waals surface area contributed by atoms with Gasteiger partial charge in [0.25, 0.3) is 11.2 Å². The van der Waals surface area contributed by atoms with Crippen LogP contribution >= 0.6 is 0 Å². The predicted octanol–water partition coefficient (Wildman–Crippen LogP) is 1.83. The van der Waals surface area contributed by atoms with Gasteiger partial charge in [-0.15, -0.1) is 5.10 Å². The first-order chi connectivity index (χ1) is 12.5. The van der Waals surface area contributed by atoms with Gasteiger partial charge in [-0.2, -0.15) is 0 Å². The van der Waals surface area contributed by atoms with Crippen molar-refractivity contribution in [3.05, 3.63) is 74.6 Å². The molecule has 0 bridgehead atoms. The summed E-state index contributed by atoms with van der Waals surface area (Å²) < 4.78 is 6.19. The maximum absolute atomic E-state index is 12.3. The fraction of sp³-hybridized carbons (Fsp3) is 0.176. The Bertz CT molecular complexity index is 1030. The molecule has 9 heteroatoms. The lowest BCUT2D eigenvalue weighted by Gasteiger charge is -2.06. The van der Waals surface area contributed by atoms with E-state index in [1.807, 2.05) is 0 Å². The van der Waals surface area contributed by atoms with Gasteiger partial charge in [0.2, 0.25) is 0 Å². The van der Waals surface area contributed by atoms with Crippen LogP contribution in [0, 0.1) is 10.1 Å². The Labute approximate surface area is 147 Å². The van der Waals surface area contributed by atoms with E-state index in [4.69, 9.17) is 4.74 Å². The molecule has 0 atom stereocenters. The molecule has 1 heterocycles. The summed E-state index contributed by atoms with van der Waals surface area (Å²) in [5.41, 5.74) is 0.593. The number of ether oxygens (including phenoxy) is 1. The number of fused-ring (bicyclic) bond motifs is 1. The molecule has 0 saturated heterocycles. The highest BCUT2D eigenvalue weighted by Crippen LogP contribution is 2.14. The number of nitro groups is 1. The van der Waals surface area contributed by atoms with Crippen molar-refractivity contribution in [2.75, 3.05) is 0 Å². The number of non-ortho nitro benzene ring substituents is 1. The minimum absolute atomic E-state index is 0.0322. The number of carbonyl (C=O) groups is 1. The molecule has 0 aliphatic carbocycles. The Morgan fingerprint density at radius 3 is 2.81 bits per heavy atom. The fourth-order valence-corrected chi connectivity index (χ4v) is 2.36.